The van der Waals surface area contributed by atoms with Crippen LogP contribution < -0.4 is 5.73 Å². The molecule has 55 heavy (non-hydrogen) atoms. The molecule has 2 heterocycles. The lowest BCUT2D eigenvalue weighted by atomic mass is 9.99. The van der Waals surface area contributed by atoms with Crippen molar-refractivity contribution >= 4 is 12.9 Å². The van der Waals surface area contributed by atoms with Crippen molar-refractivity contribution < 1.29 is 83.6 Å². The molecule has 2 unspecified atom stereocenters. The second-order valence-electron chi connectivity index (χ2n) is 12.2. The van der Waals surface area contributed by atoms with Crippen LogP contribution in [0.4, 0.5) is 0 Å². The average Bonchev–Trinajstić information content (AvgIpc) is 3.19. The SMILES string of the molecule is NCCOCCOCCOCCN(C[C@H](O)[C@@H](O)[C@@H]1OC(c2ccccc2)OC[C@H]1O)C[C@H](O)[C@@H](O)[C@@H]1OC(c2ccccc2)OC[C@H]1O.O=CO.O=CO. The fourth-order valence-electron chi connectivity index (χ4n) is 5.55. The second-order valence-corrected chi connectivity index (χ2v) is 12.2. The van der Waals surface area contributed by atoms with Gasteiger partial charge in [-0.25, -0.2) is 0 Å². The minimum Gasteiger partial charge on any atom is -0.483 e. The molecule has 2 aromatic carbocycles. The van der Waals surface area contributed by atoms with Gasteiger partial charge in [0.05, 0.1) is 65.1 Å². The minimum atomic E-state index is -1.53. The molecule has 2 saturated heterocycles. The monoisotopic (exact) mass is 788 g/mol. The summed E-state index contributed by atoms with van der Waals surface area (Å²) in [6, 6.07) is 18.1. The van der Waals surface area contributed by atoms with E-state index in [2.05, 4.69) is 0 Å². The van der Waals surface area contributed by atoms with Crippen molar-refractivity contribution in [2.75, 3.05) is 79.0 Å². The maximum Gasteiger partial charge on any atom is 0.290 e. The van der Waals surface area contributed by atoms with Gasteiger partial charge >= 0.3 is 0 Å². The van der Waals surface area contributed by atoms with Crippen LogP contribution in [0, 0.1) is 0 Å². The predicted molar refractivity (Wildman–Crippen MR) is 191 cm³/mol. The summed E-state index contributed by atoms with van der Waals surface area (Å²) in [5.74, 6) is 0. The molecule has 2 aliphatic heterocycles. The highest BCUT2D eigenvalue weighted by atomic mass is 16.7. The lowest BCUT2D eigenvalue weighted by Crippen LogP contribution is -2.56. The molecule has 0 bridgehead atoms. The first-order valence-electron chi connectivity index (χ1n) is 17.6. The van der Waals surface area contributed by atoms with Gasteiger partial charge in [0, 0.05) is 37.3 Å². The van der Waals surface area contributed by atoms with Gasteiger partial charge in [-0.3, -0.25) is 14.5 Å². The van der Waals surface area contributed by atoms with Crippen LogP contribution in [0.1, 0.15) is 23.7 Å². The summed E-state index contributed by atoms with van der Waals surface area (Å²) < 4.78 is 39.4. The molecular formula is C36H56N2O17. The number of carboxylic acid groups (broad SMARTS) is 2. The zero-order valence-corrected chi connectivity index (χ0v) is 30.5. The summed E-state index contributed by atoms with van der Waals surface area (Å²) in [5.41, 5.74) is 6.77. The molecule has 0 spiro atoms. The quantitative estimate of drug-likeness (QED) is 0.0493. The third kappa shape index (κ3) is 17.6. The van der Waals surface area contributed by atoms with Crippen LogP contribution in [0.15, 0.2) is 60.7 Å². The third-order valence-corrected chi connectivity index (χ3v) is 8.21. The van der Waals surface area contributed by atoms with Crippen molar-refractivity contribution in [1.82, 2.24) is 4.90 Å². The Labute approximate surface area is 319 Å². The van der Waals surface area contributed by atoms with Gasteiger partial charge in [-0.05, 0) is 0 Å². The van der Waals surface area contributed by atoms with Crippen LogP contribution in [0.5, 0.6) is 0 Å². The number of carbonyl (C=O) groups is 2. The van der Waals surface area contributed by atoms with E-state index in [1.165, 1.54) is 0 Å². The fourth-order valence-corrected chi connectivity index (χ4v) is 5.55. The highest BCUT2D eigenvalue weighted by molar-refractivity contribution is 5.33. The number of aliphatic hydroxyl groups is 6. The lowest BCUT2D eigenvalue weighted by molar-refractivity contribution is -0.285. The first kappa shape index (κ1) is 47.9. The number of hydrogen-bond donors (Lipinski definition) is 9. The van der Waals surface area contributed by atoms with Crippen molar-refractivity contribution in [3.05, 3.63) is 71.8 Å². The molecule has 10 atom stereocenters. The Morgan fingerprint density at radius 1 is 0.655 bits per heavy atom. The van der Waals surface area contributed by atoms with E-state index in [1.807, 2.05) is 36.4 Å². The molecule has 0 aromatic heterocycles. The number of nitrogens with zero attached hydrogens (tertiary/aromatic N) is 1. The largest absolute Gasteiger partial charge is 0.483 e. The first-order chi connectivity index (χ1) is 26.6. The van der Waals surface area contributed by atoms with E-state index in [-0.39, 0.29) is 59.0 Å². The van der Waals surface area contributed by atoms with Gasteiger partial charge in [0.2, 0.25) is 0 Å². The topological polar surface area (TPSA) is 290 Å². The van der Waals surface area contributed by atoms with Crippen LogP contribution in [-0.2, 0) is 42.7 Å². The molecule has 10 N–H and O–H groups in total. The Kier molecular flexibility index (Phi) is 24.6. The van der Waals surface area contributed by atoms with E-state index >= 15 is 0 Å². The predicted octanol–water partition coefficient (Wildman–Crippen LogP) is -1.91. The standard InChI is InChI=1S/C34H52N2O13.2CH2O2/c35-11-13-43-15-17-45-18-16-44-14-12-36(19-25(37)29(41)31-27(39)21-46-33(48-31)23-7-3-1-4-8-23)20-26(38)30(42)32-28(40)22-47-34(49-32)24-9-5-2-6-10-24;2*2-1-3/h1-10,25-34,37-42H,11-22,35H2;2*1H,(H,2,3)/t25-,26-,27+,28+,29+,30+,31+,32+,33?,34?;;/m0../s1. The van der Waals surface area contributed by atoms with Gasteiger partial charge < -0.3 is 79.7 Å². The summed E-state index contributed by atoms with van der Waals surface area (Å²) in [6.45, 7) is 1.53. The molecule has 0 amide bonds. The lowest BCUT2D eigenvalue weighted by Gasteiger charge is -2.40. The van der Waals surface area contributed by atoms with Crippen molar-refractivity contribution in [2.24, 2.45) is 5.73 Å². The second kappa shape index (κ2) is 28.2. The number of ether oxygens (including phenoxy) is 7. The van der Waals surface area contributed by atoms with Gasteiger partial charge in [0.15, 0.2) is 12.6 Å². The maximum absolute atomic E-state index is 11.1. The summed E-state index contributed by atoms with van der Waals surface area (Å²) in [6.07, 6.45) is -12.4. The molecule has 2 aliphatic rings. The number of hydrogen-bond acceptors (Lipinski definition) is 17. The van der Waals surface area contributed by atoms with Gasteiger partial charge in [0.1, 0.15) is 36.6 Å². The van der Waals surface area contributed by atoms with Crippen molar-refractivity contribution in [1.29, 1.82) is 0 Å². The van der Waals surface area contributed by atoms with Gasteiger partial charge in [0.25, 0.3) is 12.9 Å². The van der Waals surface area contributed by atoms with E-state index in [9.17, 15) is 30.6 Å². The van der Waals surface area contributed by atoms with E-state index in [0.717, 1.165) is 0 Å². The number of aliphatic hydroxyl groups excluding tert-OH is 6. The molecule has 2 fully saturated rings. The Bertz CT molecular complexity index is 1170. The van der Waals surface area contributed by atoms with E-state index in [0.29, 0.717) is 44.1 Å². The molecule has 19 heteroatoms. The first-order valence-corrected chi connectivity index (χ1v) is 17.6. The van der Waals surface area contributed by atoms with Crippen molar-refractivity contribution in [3.63, 3.8) is 0 Å². The van der Waals surface area contributed by atoms with Crippen LogP contribution in [0.3, 0.4) is 0 Å². The van der Waals surface area contributed by atoms with E-state index < -0.39 is 61.4 Å². The highest BCUT2D eigenvalue weighted by Crippen LogP contribution is 2.30. The highest BCUT2D eigenvalue weighted by Gasteiger charge is 2.42. The van der Waals surface area contributed by atoms with Crippen LogP contribution in [0.25, 0.3) is 0 Å². The van der Waals surface area contributed by atoms with E-state index in [1.54, 1.807) is 29.2 Å². The smallest absolute Gasteiger partial charge is 0.290 e. The summed E-state index contributed by atoms with van der Waals surface area (Å²) >= 11 is 0. The number of benzene rings is 2. The third-order valence-electron chi connectivity index (χ3n) is 8.21. The van der Waals surface area contributed by atoms with Crippen LogP contribution in [0.2, 0.25) is 0 Å². The molecule has 0 aliphatic carbocycles. The van der Waals surface area contributed by atoms with Gasteiger partial charge in [-0.2, -0.15) is 0 Å². The van der Waals surface area contributed by atoms with Crippen molar-refractivity contribution in [3.8, 4) is 0 Å². The molecular weight excluding hydrogens is 732 g/mol. The molecule has 4 rings (SSSR count). The van der Waals surface area contributed by atoms with Crippen LogP contribution >= 0.6 is 0 Å². The Morgan fingerprint density at radius 3 is 1.40 bits per heavy atom. The Hall–Kier alpha value is -3.22. The fraction of sp³-hybridized carbons (Fsp3) is 0.611. The Balaban J connectivity index is 0.00000163. The van der Waals surface area contributed by atoms with Crippen LogP contribution in [-0.4, -0.2) is 187 Å². The average molecular weight is 789 g/mol. The number of rotatable bonds is 21. The zero-order valence-electron chi connectivity index (χ0n) is 30.5. The molecule has 19 nitrogen and oxygen atoms in total. The van der Waals surface area contributed by atoms with Gasteiger partial charge in [-0.1, -0.05) is 60.7 Å². The normalized spacial score (nSPS) is 24.6. The number of nitrogens with two attached hydrogens (primary N) is 1. The van der Waals surface area contributed by atoms with Gasteiger partial charge in [-0.15, -0.1) is 0 Å². The maximum atomic E-state index is 11.1. The molecule has 0 radical (unpaired) electrons. The van der Waals surface area contributed by atoms with Crippen molar-refractivity contribution in [2.45, 2.75) is 61.4 Å². The molecule has 312 valence electrons. The van der Waals surface area contributed by atoms with E-state index in [4.69, 9.17) is 58.7 Å². The molecule has 2 aromatic rings. The summed E-state index contributed by atoms with van der Waals surface area (Å²) in [4.78, 5) is 18.3. The molecule has 0 saturated carbocycles. The summed E-state index contributed by atoms with van der Waals surface area (Å²) in [7, 11) is 0. The summed E-state index contributed by atoms with van der Waals surface area (Å²) in [5, 5.41) is 79.5. The zero-order chi connectivity index (χ0) is 40.4. The Morgan fingerprint density at radius 2 is 1.02 bits per heavy atom. The minimum absolute atomic E-state index is 0.116.